The van der Waals surface area contributed by atoms with Crippen LogP contribution < -0.4 is 16.3 Å². The van der Waals surface area contributed by atoms with Gasteiger partial charge in [0.15, 0.2) is 5.75 Å². The van der Waals surface area contributed by atoms with Gasteiger partial charge in [0.2, 0.25) is 0 Å². The highest BCUT2D eigenvalue weighted by atomic mass is 19.1. The molecule has 6 nitrogen and oxygen atoms in total. The fraction of sp³-hybridized carbons (Fsp3) is 0.310. The molecule has 36 heavy (non-hydrogen) atoms. The van der Waals surface area contributed by atoms with E-state index in [0.29, 0.717) is 46.5 Å². The largest absolute Gasteiger partial charge is 0.411 e. The monoisotopic (exact) mass is 486 g/mol. The SMILES string of the molecule is CC(C)N1CCCC(Cn2c(-c3ccccc3ON)nc3ccc(-c4ccc(F)cc4)cc3c2=O)C1. The van der Waals surface area contributed by atoms with Crippen molar-refractivity contribution in [3.8, 4) is 28.3 Å². The quantitative estimate of drug-likeness (QED) is 0.377. The van der Waals surface area contributed by atoms with E-state index in [9.17, 15) is 9.18 Å². The molecule has 2 N–H and O–H groups in total. The van der Waals surface area contributed by atoms with E-state index in [0.717, 1.165) is 37.1 Å². The van der Waals surface area contributed by atoms with E-state index in [1.807, 2.05) is 36.4 Å². The third kappa shape index (κ3) is 4.76. The van der Waals surface area contributed by atoms with Gasteiger partial charge in [-0.1, -0.05) is 30.3 Å². The van der Waals surface area contributed by atoms with Crippen LogP contribution in [-0.2, 0) is 6.54 Å². The fourth-order valence-corrected chi connectivity index (χ4v) is 5.15. The number of hydrogen-bond acceptors (Lipinski definition) is 5. The van der Waals surface area contributed by atoms with Crippen LogP contribution in [0.1, 0.15) is 26.7 Å². The Morgan fingerprint density at radius 3 is 2.58 bits per heavy atom. The van der Waals surface area contributed by atoms with E-state index < -0.39 is 0 Å². The van der Waals surface area contributed by atoms with Crippen LogP contribution in [0.15, 0.2) is 71.5 Å². The van der Waals surface area contributed by atoms with E-state index >= 15 is 0 Å². The van der Waals surface area contributed by atoms with Crippen LogP contribution in [-0.4, -0.2) is 33.6 Å². The van der Waals surface area contributed by atoms with Crippen molar-refractivity contribution < 1.29 is 9.23 Å². The predicted molar refractivity (Wildman–Crippen MR) is 141 cm³/mol. The molecule has 2 heterocycles. The number of benzene rings is 3. The van der Waals surface area contributed by atoms with Crippen LogP contribution in [0.5, 0.6) is 5.75 Å². The summed E-state index contributed by atoms with van der Waals surface area (Å²) in [6.45, 7) is 7.00. The maximum atomic E-state index is 14.0. The zero-order valence-electron chi connectivity index (χ0n) is 20.7. The summed E-state index contributed by atoms with van der Waals surface area (Å²) < 4.78 is 15.2. The molecule has 4 aromatic rings. The normalized spacial score (nSPS) is 16.5. The van der Waals surface area contributed by atoms with Gasteiger partial charge in [-0.25, -0.2) is 9.37 Å². The average Bonchev–Trinajstić information content (AvgIpc) is 2.90. The number of hydrogen-bond donors (Lipinski definition) is 1. The molecule has 1 saturated heterocycles. The molecular weight excluding hydrogens is 455 g/mol. The summed E-state index contributed by atoms with van der Waals surface area (Å²) >= 11 is 0. The molecule has 0 saturated carbocycles. The molecule has 1 unspecified atom stereocenters. The average molecular weight is 487 g/mol. The molecular formula is C29H31FN4O2. The maximum absolute atomic E-state index is 14.0. The number of rotatable bonds is 6. The van der Waals surface area contributed by atoms with Crippen molar-refractivity contribution in [2.24, 2.45) is 11.8 Å². The number of nitrogens with zero attached hydrogens (tertiary/aromatic N) is 3. The first-order valence-electron chi connectivity index (χ1n) is 12.5. The number of aromatic nitrogens is 2. The van der Waals surface area contributed by atoms with E-state index in [4.69, 9.17) is 15.7 Å². The summed E-state index contributed by atoms with van der Waals surface area (Å²) in [4.78, 5) is 26.6. The van der Waals surface area contributed by atoms with Gasteiger partial charge in [-0.15, -0.1) is 0 Å². The van der Waals surface area contributed by atoms with Gasteiger partial charge in [0.05, 0.1) is 16.5 Å². The summed E-state index contributed by atoms with van der Waals surface area (Å²) in [6, 6.07) is 19.7. The van der Waals surface area contributed by atoms with Crippen molar-refractivity contribution in [2.45, 2.75) is 39.3 Å². The third-order valence-corrected chi connectivity index (χ3v) is 7.11. The van der Waals surface area contributed by atoms with Crippen molar-refractivity contribution in [2.75, 3.05) is 13.1 Å². The van der Waals surface area contributed by atoms with Crippen LogP contribution in [0.3, 0.4) is 0 Å². The number of halogens is 1. The first kappa shape index (κ1) is 24.2. The zero-order valence-corrected chi connectivity index (χ0v) is 20.7. The molecule has 0 spiro atoms. The highest BCUT2D eigenvalue weighted by molar-refractivity contribution is 5.85. The molecule has 1 aliphatic heterocycles. The van der Waals surface area contributed by atoms with E-state index in [1.165, 1.54) is 12.1 Å². The summed E-state index contributed by atoms with van der Waals surface area (Å²) in [5.74, 6) is 6.61. The van der Waals surface area contributed by atoms with E-state index in [-0.39, 0.29) is 11.4 Å². The Hall–Kier alpha value is -3.55. The van der Waals surface area contributed by atoms with Gasteiger partial charge in [-0.2, -0.15) is 5.90 Å². The topological polar surface area (TPSA) is 73.4 Å². The summed E-state index contributed by atoms with van der Waals surface area (Å²) in [7, 11) is 0. The lowest BCUT2D eigenvalue weighted by atomic mass is 9.96. The lowest BCUT2D eigenvalue weighted by Crippen LogP contribution is -2.42. The number of para-hydroxylation sites is 1. The van der Waals surface area contributed by atoms with Gasteiger partial charge >= 0.3 is 0 Å². The van der Waals surface area contributed by atoms with Gasteiger partial charge in [-0.05, 0) is 86.7 Å². The van der Waals surface area contributed by atoms with Crippen molar-refractivity contribution in [3.63, 3.8) is 0 Å². The predicted octanol–water partition coefficient (Wildman–Crippen LogP) is 5.24. The summed E-state index contributed by atoms with van der Waals surface area (Å²) in [6.07, 6.45) is 2.16. The van der Waals surface area contributed by atoms with Crippen LogP contribution in [0.25, 0.3) is 33.4 Å². The Morgan fingerprint density at radius 2 is 1.83 bits per heavy atom. The maximum Gasteiger partial charge on any atom is 0.261 e. The van der Waals surface area contributed by atoms with Gasteiger partial charge < -0.3 is 9.74 Å². The number of piperidine rings is 1. The second-order valence-corrected chi connectivity index (χ2v) is 9.80. The van der Waals surface area contributed by atoms with Gasteiger partial charge in [0, 0.05) is 19.1 Å². The lowest BCUT2D eigenvalue weighted by Gasteiger charge is -2.36. The highest BCUT2D eigenvalue weighted by Crippen LogP contribution is 2.31. The third-order valence-electron chi connectivity index (χ3n) is 7.11. The Labute approximate surface area is 210 Å². The van der Waals surface area contributed by atoms with Gasteiger partial charge in [0.25, 0.3) is 5.56 Å². The highest BCUT2D eigenvalue weighted by Gasteiger charge is 2.25. The van der Waals surface area contributed by atoms with E-state index in [1.54, 1.807) is 22.8 Å². The van der Waals surface area contributed by atoms with Gasteiger partial charge in [-0.3, -0.25) is 9.36 Å². The van der Waals surface area contributed by atoms with Crippen molar-refractivity contribution in [1.29, 1.82) is 0 Å². The first-order chi connectivity index (χ1) is 17.4. The van der Waals surface area contributed by atoms with Crippen LogP contribution in [0, 0.1) is 11.7 Å². The number of nitrogens with two attached hydrogens (primary N) is 1. The minimum atomic E-state index is -0.295. The molecule has 1 atom stereocenters. The molecule has 1 fully saturated rings. The van der Waals surface area contributed by atoms with Crippen molar-refractivity contribution in [1.82, 2.24) is 14.5 Å². The fourth-order valence-electron chi connectivity index (χ4n) is 5.15. The number of fused-ring (bicyclic) bond motifs is 1. The van der Waals surface area contributed by atoms with Crippen LogP contribution in [0.2, 0.25) is 0 Å². The Kier molecular flexibility index (Phi) is 6.85. The Balaban J connectivity index is 1.65. The van der Waals surface area contributed by atoms with Gasteiger partial charge in [0.1, 0.15) is 11.6 Å². The molecule has 0 aliphatic carbocycles. The van der Waals surface area contributed by atoms with Crippen molar-refractivity contribution >= 4 is 10.9 Å². The molecule has 0 amide bonds. The summed E-state index contributed by atoms with van der Waals surface area (Å²) in [5, 5.41) is 0.531. The first-order valence-corrected chi connectivity index (χ1v) is 12.5. The standard InChI is InChI=1S/C29H31FN4O2/c1-19(2)33-15-5-6-20(17-33)18-34-28(24-7-3-4-8-27(24)36-31)32-26-14-11-22(16-25(26)29(34)35)21-9-12-23(30)13-10-21/h3-4,7-14,16,19-20H,5-6,15,17-18,31H2,1-2H3. The number of likely N-dealkylation sites (tertiary alicyclic amines) is 1. The molecule has 1 aromatic heterocycles. The molecule has 0 radical (unpaired) electrons. The molecule has 1 aliphatic rings. The van der Waals surface area contributed by atoms with Crippen LogP contribution >= 0.6 is 0 Å². The molecule has 5 rings (SSSR count). The zero-order chi connectivity index (χ0) is 25.2. The Morgan fingerprint density at radius 1 is 1.08 bits per heavy atom. The lowest BCUT2D eigenvalue weighted by molar-refractivity contribution is 0.130. The molecule has 0 bridgehead atoms. The second kappa shape index (κ2) is 10.2. The van der Waals surface area contributed by atoms with E-state index in [2.05, 4.69) is 18.7 Å². The minimum Gasteiger partial charge on any atom is -0.411 e. The van der Waals surface area contributed by atoms with Crippen molar-refractivity contribution in [3.05, 3.63) is 82.9 Å². The minimum absolute atomic E-state index is 0.104. The smallest absolute Gasteiger partial charge is 0.261 e. The molecule has 3 aromatic carbocycles. The molecule has 7 heteroatoms. The Bertz CT molecular complexity index is 1430. The summed E-state index contributed by atoms with van der Waals surface area (Å²) in [5.41, 5.74) is 2.85. The van der Waals surface area contributed by atoms with Crippen LogP contribution in [0.4, 0.5) is 4.39 Å². The molecule has 186 valence electrons. The second-order valence-electron chi connectivity index (χ2n) is 9.80.